The van der Waals surface area contributed by atoms with Crippen molar-refractivity contribution >= 4 is 5.69 Å². The Morgan fingerprint density at radius 3 is 3.00 bits per heavy atom. The summed E-state index contributed by atoms with van der Waals surface area (Å²) in [5, 5.41) is 24.0. The lowest BCUT2D eigenvalue weighted by molar-refractivity contribution is -0.384. The molecule has 1 heterocycles. The van der Waals surface area contributed by atoms with Gasteiger partial charge in [-0.05, 0) is 13.0 Å². The van der Waals surface area contributed by atoms with Gasteiger partial charge in [0.1, 0.15) is 6.10 Å². The van der Waals surface area contributed by atoms with Crippen LogP contribution >= 0.6 is 0 Å². The number of non-ortho nitro benzene ring substituents is 1. The molecular weight excluding hydrogens is 252 g/mol. The molecule has 2 rings (SSSR count). The van der Waals surface area contributed by atoms with Crippen molar-refractivity contribution in [3.8, 4) is 11.4 Å². The fourth-order valence-corrected chi connectivity index (χ4v) is 1.53. The van der Waals surface area contributed by atoms with Gasteiger partial charge in [0.25, 0.3) is 11.6 Å². The fourth-order valence-electron chi connectivity index (χ4n) is 1.53. The molecule has 0 radical (unpaired) electrons. The van der Waals surface area contributed by atoms with Crippen molar-refractivity contribution in [3.05, 3.63) is 40.3 Å². The molecule has 0 aliphatic rings. The second-order valence-electron chi connectivity index (χ2n) is 3.86. The molecule has 8 nitrogen and oxygen atoms in total. The van der Waals surface area contributed by atoms with Gasteiger partial charge in [0.05, 0.1) is 4.92 Å². The molecule has 0 bridgehead atoms. The number of nitrogens with zero attached hydrogens (tertiary/aromatic N) is 3. The Morgan fingerprint density at radius 2 is 2.32 bits per heavy atom. The topological polar surface area (TPSA) is 128 Å². The van der Waals surface area contributed by atoms with E-state index in [1.165, 1.54) is 18.2 Å². The zero-order chi connectivity index (χ0) is 13.8. The van der Waals surface area contributed by atoms with Crippen molar-refractivity contribution in [1.29, 1.82) is 0 Å². The van der Waals surface area contributed by atoms with Gasteiger partial charge < -0.3 is 15.4 Å². The quantitative estimate of drug-likeness (QED) is 0.609. The smallest absolute Gasteiger partial charge is 0.270 e. The zero-order valence-electron chi connectivity index (χ0n) is 9.89. The summed E-state index contributed by atoms with van der Waals surface area (Å²) in [6.45, 7) is 0.287. The highest BCUT2D eigenvalue weighted by Gasteiger charge is 2.17. The molecule has 0 amide bonds. The summed E-state index contributed by atoms with van der Waals surface area (Å²) >= 11 is 0. The maximum atomic E-state index is 10.7. The molecule has 1 aromatic carbocycles. The summed E-state index contributed by atoms with van der Waals surface area (Å²) in [6, 6.07) is 5.86. The van der Waals surface area contributed by atoms with E-state index >= 15 is 0 Å². The van der Waals surface area contributed by atoms with E-state index in [0.29, 0.717) is 12.0 Å². The van der Waals surface area contributed by atoms with Crippen LogP contribution in [0.2, 0.25) is 0 Å². The predicted octanol–water partition coefficient (Wildman–Crippen LogP) is 1.03. The molecule has 1 atom stereocenters. The van der Waals surface area contributed by atoms with Crippen molar-refractivity contribution in [2.75, 3.05) is 6.54 Å². The maximum Gasteiger partial charge on any atom is 0.270 e. The first kappa shape index (κ1) is 13.1. The molecule has 100 valence electrons. The van der Waals surface area contributed by atoms with Crippen LogP contribution < -0.4 is 5.73 Å². The highest BCUT2D eigenvalue weighted by molar-refractivity contribution is 5.58. The Bertz CT molecular complexity index is 584. The van der Waals surface area contributed by atoms with Crippen LogP contribution in [0.3, 0.4) is 0 Å². The molecule has 0 fully saturated rings. The van der Waals surface area contributed by atoms with E-state index in [1.807, 2.05) is 0 Å². The first-order chi connectivity index (χ1) is 9.11. The lowest BCUT2D eigenvalue weighted by Crippen LogP contribution is -2.06. The Balaban J connectivity index is 2.27. The van der Waals surface area contributed by atoms with Gasteiger partial charge in [-0.2, -0.15) is 4.98 Å². The number of hydrogen-bond donors (Lipinski definition) is 2. The van der Waals surface area contributed by atoms with Crippen LogP contribution in [-0.2, 0) is 0 Å². The number of nitro groups is 1. The standard InChI is InChI=1S/C11H12N4O4/c12-5-4-9(16)11-13-10(14-19-11)7-2-1-3-8(6-7)15(17)18/h1-3,6,9,16H,4-5,12H2. The summed E-state index contributed by atoms with van der Waals surface area (Å²) in [5.74, 6) is 0.238. The van der Waals surface area contributed by atoms with Crippen LogP contribution in [0.1, 0.15) is 18.4 Å². The number of benzene rings is 1. The third-order valence-electron chi connectivity index (χ3n) is 2.48. The Hall–Kier alpha value is -2.32. The van der Waals surface area contributed by atoms with E-state index in [0.717, 1.165) is 0 Å². The number of aliphatic hydroxyl groups is 1. The summed E-state index contributed by atoms with van der Waals surface area (Å²) in [7, 11) is 0. The number of nitrogens with two attached hydrogens (primary N) is 1. The normalized spacial score (nSPS) is 12.3. The first-order valence-corrected chi connectivity index (χ1v) is 5.58. The van der Waals surface area contributed by atoms with E-state index in [1.54, 1.807) is 6.07 Å². The van der Waals surface area contributed by atoms with Gasteiger partial charge in [0.15, 0.2) is 0 Å². The van der Waals surface area contributed by atoms with Crippen molar-refractivity contribution in [2.24, 2.45) is 5.73 Å². The van der Waals surface area contributed by atoms with Crippen molar-refractivity contribution in [3.63, 3.8) is 0 Å². The van der Waals surface area contributed by atoms with Crippen molar-refractivity contribution < 1.29 is 14.6 Å². The molecule has 0 aliphatic carbocycles. The highest BCUT2D eigenvalue weighted by Crippen LogP contribution is 2.23. The summed E-state index contributed by atoms with van der Waals surface area (Å²) < 4.78 is 4.90. The zero-order valence-corrected chi connectivity index (χ0v) is 9.89. The monoisotopic (exact) mass is 264 g/mol. The lowest BCUT2D eigenvalue weighted by Gasteiger charge is -2.00. The molecule has 0 saturated heterocycles. The number of nitro benzene ring substituents is 1. The summed E-state index contributed by atoms with van der Waals surface area (Å²) in [6.07, 6.45) is -0.624. The van der Waals surface area contributed by atoms with Gasteiger partial charge in [-0.15, -0.1) is 0 Å². The highest BCUT2D eigenvalue weighted by atomic mass is 16.6. The van der Waals surface area contributed by atoms with Crippen LogP contribution in [0.5, 0.6) is 0 Å². The van der Waals surface area contributed by atoms with Crippen LogP contribution in [0.25, 0.3) is 11.4 Å². The molecule has 2 aromatic rings. The van der Waals surface area contributed by atoms with Crippen molar-refractivity contribution in [2.45, 2.75) is 12.5 Å². The fraction of sp³-hybridized carbons (Fsp3) is 0.273. The second kappa shape index (κ2) is 5.55. The van der Waals surface area contributed by atoms with Crippen LogP contribution in [0, 0.1) is 10.1 Å². The summed E-state index contributed by atoms with van der Waals surface area (Å²) in [4.78, 5) is 14.2. The average Bonchev–Trinajstić information content (AvgIpc) is 2.89. The van der Waals surface area contributed by atoms with Crippen LogP contribution in [0.4, 0.5) is 5.69 Å². The van der Waals surface area contributed by atoms with E-state index in [-0.39, 0.29) is 23.9 Å². The molecular formula is C11H12N4O4. The molecule has 3 N–H and O–H groups in total. The van der Waals surface area contributed by atoms with Crippen LogP contribution in [-0.4, -0.2) is 26.7 Å². The maximum absolute atomic E-state index is 10.7. The summed E-state index contributed by atoms with van der Waals surface area (Å²) in [5.41, 5.74) is 5.70. The predicted molar refractivity (Wildman–Crippen MR) is 65.0 cm³/mol. The van der Waals surface area contributed by atoms with Gasteiger partial charge in [-0.25, -0.2) is 0 Å². The molecule has 0 aliphatic heterocycles. The largest absolute Gasteiger partial charge is 0.383 e. The number of aliphatic hydroxyl groups excluding tert-OH is 1. The van der Waals surface area contributed by atoms with Gasteiger partial charge in [-0.1, -0.05) is 17.3 Å². The molecule has 8 heteroatoms. The minimum Gasteiger partial charge on any atom is -0.383 e. The first-order valence-electron chi connectivity index (χ1n) is 5.58. The number of rotatable bonds is 5. The van der Waals surface area contributed by atoms with Gasteiger partial charge >= 0.3 is 0 Å². The van der Waals surface area contributed by atoms with E-state index in [2.05, 4.69) is 10.1 Å². The van der Waals surface area contributed by atoms with Crippen molar-refractivity contribution in [1.82, 2.24) is 10.1 Å². The second-order valence-corrected chi connectivity index (χ2v) is 3.86. The Kier molecular flexibility index (Phi) is 3.83. The minimum atomic E-state index is -0.926. The molecule has 0 spiro atoms. The number of hydrogen-bond acceptors (Lipinski definition) is 7. The SMILES string of the molecule is NCCC(O)c1nc(-c2cccc([N+](=O)[O-])c2)no1. The average molecular weight is 264 g/mol. The molecule has 0 saturated carbocycles. The van der Waals surface area contributed by atoms with Gasteiger partial charge in [0, 0.05) is 17.7 Å². The van der Waals surface area contributed by atoms with E-state index < -0.39 is 11.0 Å². The minimum absolute atomic E-state index is 0.0481. The van der Waals surface area contributed by atoms with Gasteiger partial charge in [0.2, 0.25) is 5.82 Å². The molecule has 1 unspecified atom stereocenters. The third kappa shape index (κ3) is 2.92. The van der Waals surface area contributed by atoms with Gasteiger partial charge in [-0.3, -0.25) is 10.1 Å². The molecule has 1 aromatic heterocycles. The lowest BCUT2D eigenvalue weighted by atomic mass is 10.2. The Labute approximate surface area is 108 Å². The van der Waals surface area contributed by atoms with E-state index in [9.17, 15) is 15.2 Å². The molecule has 19 heavy (non-hydrogen) atoms. The number of aromatic nitrogens is 2. The Morgan fingerprint density at radius 1 is 1.53 bits per heavy atom. The third-order valence-corrected chi connectivity index (χ3v) is 2.48. The van der Waals surface area contributed by atoms with E-state index in [4.69, 9.17) is 10.3 Å². The van der Waals surface area contributed by atoms with Crippen LogP contribution in [0.15, 0.2) is 28.8 Å².